The Morgan fingerprint density at radius 1 is 1.00 bits per heavy atom. The van der Waals surface area contributed by atoms with E-state index in [4.69, 9.17) is 4.74 Å². The fourth-order valence-electron chi connectivity index (χ4n) is 3.40. The molecule has 0 unspecified atom stereocenters. The molecule has 5 heteroatoms. The Bertz CT molecular complexity index is 692. The maximum absolute atomic E-state index is 13.0. The van der Waals surface area contributed by atoms with Gasteiger partial charge in [0, 0.05) is 38.4 Å². The largest absolute Gasteiger partial charge is 0.491 e. The van der Waals surface area contributed by atoms with Crippen molar-refractivity contribution in [1.29, 1.82) is 0 Å². The van der Waals surface area contributed by atoms with Gasteiger partial charge in [-0.1, -0.05) is 6.07 Å². The molecule has 1 fully saturated rings. The van der Waals surface area contributed by atoms with Crippen molar-refractivity contribution < 1.29 is 14.2 Å². The second-order valence-corrected chi connectivity index (χ2v) is 7.05. The highest BCUT2D eigenvalue weighted by atomic mass is 19.1. The van der Waals surface area contributed by atoms with Gasteiger partial charge in [-0.3, -0.25) is 4.90 Å². The second kappa shape index (κ2) is 8.52. The van der Waals surface area contributed by atoms with Crippen LogP contribution in [-0.4, -0.2) is 55.4 Å². The molecule has 0 spiro atoms. The number of aliphatic hydroxyl groups is 1. The Labute approximate surface area is 154 Å². The molecule has 0 aromatic heterocycles. The van der Waals surface area contributed by atoms with Crippen molar-refractivity contribution in [2.45, 2.75) is 20.0 Å². The molecule has 0 amide bonds. The fourth-order valence-corrected chi connectivity index (χ4v) is 3.40. The summed E-state index contributed by atoms with van der Waals surface area (Å²) in [6.07, 6.45) is -0.520. The average Bonchev–Trinajstić information content (AvgIpc) is 2.61. The Morgan fingerprint density at radius 2 is 1.62 bits per heavy atom. The van der Waals surface area contributed by atoms with E-state index >= 15 is 0 Å². The second-order valence-electron chi connectivity index (χ2n) is 7.05. The highest BCUT2D eigenvalue weighted by molar-refractivity contribution is 5.46. The molecule has 26 heavy (non-hydrogen) atoms. The van der Waals surface area contributed by atoms with Crippen LogP contribution in [0.2, 0.25) is 0 Å². The molecule has 0 radical (unpaired) electrons. The van der Waals surface area contributed by atoms with Gasteiger partial charge in [-0.05, 0) is 61.4 Å². The minimum absolute atomic E-state index is 0.209. The zero-order valence-electron chi connectivity index (χ0n) is 15.5. The number of piperazine rings is 1. The summed E-state index contributed by atoms with van der Waals surface area (Å²) in [5, 5.41) is 10.3. The van der Waals surface area contributed by atoms with Crippen LogP contribution in [0.25, 0.3) is 0 Å². The first-order chi connectivity index (χ1) is 12.5. The summed E-state index contributed by atoms with van der Waals surface area (Å²) in [5.74, 6) is 0.599. The van der Waals surface area contributed by atoms with Gasteiger partial charge in [-0.2, -0.15) is 0 Å². The van der Waals surface area contributed by atoms with Gasteiger partial charge in [-0.25, -0.2) is 4.39 Å². The summed E-state index contributed by atoms with van der Waals surface area (Å²) in [6.45, 7) is 8.46. The number of aryl methyl sites for hydroxylation is 2. The molecule has 1 aliphatic rings. The SMILES string of the molecule is Cc1cc(C)cc(OC[C@H](O)CN2CCN(c3ccc(F)cc3)CC2)c1. The number of nitrogens with zero attached hydrogens (tertiary/aromatic N) is 2. The maximum Gasteiger partial charge on any atom is 0.123 e. The molecular formula is C21H27FN2O2. The lowest BCUT2D eigenvalue weighted by Crippen LogP contribution is -2.49. The summed E-state index contributed by atoms with van der Waals surface area (Å²) in [5.41, 5.74) is 3.36. The molecule has 140 valence electrons. The predicted molar refractivity (Wildman–Crippen MR) is 102 cm³/mol. The number of β-amino-alcohol motifs (C(OH)–C–C–N with tert-alkyl or cyclic N) is 1. The van der Waals surface area contributed by atoms with Crippen molar-refractivity contribution >= 4 is 5.69 Å². The predicted octanol–water partition coefficient (Wildman–Crippen LogP) is 3.00. The molecular weight excluding hydrogens is 331 g/mol. The van der Waals surface area contributed by atoms with Crippen molar-refractivity contribution in [2.75, 3.05) is 44.2 Å². The lowest BCUT2D eigenvalue weighted by atomic mass is 10.1. The number of ether oxygens (including phenoxy) is 1. The molecule has 0 saturated carbocycles. The van der Waals surface area contributed by atoms with Crippen molar-refractivity contribution in [3.8, 4) is 5.75 Å². The zero-order valence-corrected chi connectivity index (χ0v) is 15.5. The molecule has 2 aromatic carbocycles. The third-order valence-corrected chi connectivity index (χ3v) is 4.67. The third-order valence-electron chi connectivity index (χ3n) is 4.67. The van der Waals surface area contributed by atoms with Crippen LogP contribution in [0.5, 0.6) is 5.75 Å². The van der Waals surface area contributed by atoms with Crippen LogP contribution in [0.15, 0.2) is 42.5 Å². The first-order valence-corrected chi connectivity index (χ1v) is 9.11. The Hall–Kier alpha value is -2.11. The molecule has 1 heterocycles. The van der Waals surface area contributed by atoms with E-state index in [-0.39, 0.29) is 5.82 Å². The molecule has 4 nitrogen and oxygen atoms in total. The van der Waals surface area contributed by atoms with Crippen LogP contribution in [0.1, 0.15) is 11.1 Å². The van der Waals surface area contributed by atoms with Crippen molar-refractivity contribution in [2.24, 2.45) is 0 Å². The minimum atomic E-state index is -0.520. The minimum Gasteiger partial charge on any atom is -0.491 e. The quantitative estimate of drug-likeness (QED) is 0.861. The number of hydrogen-bond acceptors (Lipinski definition) is 4. The summed E-state index contributed by atoms with van der Waals surface area (Å²) >= 11 is 0. The normalized spacial score (nSPS) is 16.5. The first-order valence-electron chi connectivity index (χ1n) is 9.11. The van der Waals surface area contributed by atoms with E-state index in [2.05, 4.69) is 15.9 Å². The molecule has 1 atom stereocenters. The highest BCUT2D eigenvalue weighted by Gasteiger charge is 2.19. The lowest BCUT2D eigenvalue weighted by Gasteiger charge is -2.36. The number of benzene rings is 2. The number of rotatable bonds is 6. The van der Waals surface area contributed by atoms with Crippen LogP contribution >= 0.6 is 0 Å². The van der Waals surface area contributed by atoms with Crippen molar-refractivity contribution in [1.82, 2.24) is 4.90 Å². The van der Waals surface area contributed by atoms with Gasteiger partial charge in [0.05, 0.1) is 0 Å². The maximum atomic E-state index is 13.0. The van der Waals surface area contributed by atoms with Gasteiger partial charge < -0.3 is 14.7 Å². The van der Waals surface area contributed by atoms with Crippen molar-refractivity contribution in [3.63, 3.8) is 0 Å². The molecule has 1 N–H and O–H groups in total. The van der Waals surface area contributed by atoms with E-state index in [0.29, 0.717) is 13.2 Å². The summed E-state index contributed by atoms with van der Waals surface area (Å²) in [4.78, 5) is 4.49. The molecule has 2 aromatic rings. The summed E-state index contributed by atoms with van der Waals surface area (Å²) < 4.78 is 18.8. The zero-order chi connectivity index (χ0) is 18.5. The van der Waals surface area contributed by atoms with E-state index in [1.807, 2.05) is 38.1 Å². The smallest absolute Gasteiger partial charge is 0.123 e. The summed E-state index contributed by atoms with van der Waals surface area (Å²) in [6, 6.07) is 12.7. The van der Waals surface area contributed by atoms with Crippen LogP contribution in [0.4, 0.5) is 10.1 Å². The van der Waals surface area contributed by atoms with Gasteiger partial charge in [0.25, 0.3) is 0 Å². The van der Waals surface area contributed by atoms with E-state index in [9.17, 15) is 9.50 Å². The highest BCUT2D eigenvalue weighted by Crippen LogP contribution is 2.18. The van der Waals surface area contributed by atoms with E-state index in [1.54, 1.807) is 0 Å². The number of halogens is 1. The third kappa shape index (κ3) is 5.19. The van der Waals surface area contributed by atoms with Gasteiger partial charge in [0.2, 0.25) is 0 Å². The van der Waals surface area contributed by atoms with Crippen molar-refractivity contribution in [3.05, 3.63) is 59.4 Å². The van der Waals surface area contributed by atoms with Gasteiger partial charge in [0.1, 0.15) is 24.3 Å². The lowest BCUT2D eigenvalue weighted by molar-refractivity contribution is 0.0662. The molecule has 0 aliphatic carbocycles. The van der Waals surface area contributed by atoms with Gasteiger partial charge in [0.15, 0.2) is 0 Å². The first kappa shape index (κ1) is 18.7. The van der Waals surface area contributed by atoms with Crippen LogP contribution in [0.3, 0.4) is 0 Å². The Kier molecular flexibility index (Phi) is 6.12. The molecule has 1 aliphatic heterocycles. The molecule has 3 rings (SSSR count). The van der Waals surface area contributed by atoms with E-state index < -0.39 is 6.10 Å². The number of hydrogen-bond donors (Lipinski definition) is 1. The van der Waals surface area contributed by atoms with Gasteiger partial charge in [-0.15, -0.1) is 0 Å². The summed E-state index contributed by atoms with van der Waals surface area (Å²) in [7, 11) is 0. The molecule has 0 bridgehead atoms. The monoisotopic (exact) mass is 358 g/mol. The number of aliphatic hydroxyl groups excluding tert-OH is 1. The standard InChI is InChI=1S/C21H27FN2O2/c1-16-11-17(2)13-21(12-16)26-15-20(25)14-23-7-9-24(10-8-23)19-5-3-18(22)4-6-19/h3-6,11-13,20,25H,7-10,14-15H2,1-2H3/t20-/m1/s1. The Balaban J connectivity index is 1.43. The molecule has 1 saturated heterocycles. The number of anilines is 1. The van der Waals surface area contributed by atoms with Gasteiger partial charge >= 0.3 is 0 Å². The Morgan fingerprint density at radius 3 is 2.23 bits per heavy atom. The van der Waals surface area contributed by atoms with Crippen LogP contribution < -0.4 is 9.64 Å². The average molecular weight is 358 g/mol. The van der Waals surface area contributed by atoms with Crippen LogP contribution in [-0.2, 0) is 0 Å². The van der Waals surface area contributed by atoms with E-state index in [0.717, 1.165) is 48.7 Å². The topological polar surface area (TPSA) is 35.9 Å². The van der Waals surface area contributed by atoms with Crippen LogP contribution in [0, 0.1) is 19.7 Å². The van der Waals surface area contributed by atoms with E-state index in [1.165, 1.54) is 12.1 Å². The fraction of sp³-hybridized carbons (Fsp3) is 0.429.